The first kappa shape index (κ1) is 10.4. The minimum Gasteiger partial charge on any atom is -0.360 e. The molecule has 0 atom stereocenters. The van der Waals surface area contributed by atoms with Crippen LogP contribution in [0, 0.1) is 0 Å². The highest BCUT2D eigenvalue weighted by Gasteiger charge is 2.15. The largest absolute Gasteiger partial charge is 0.360 e. The van der Waals surface area contributed by atoms with Gasteiger partial charge < -0.3 is 4.90 Å². The molecule has 3 rings (SSSR count). The van der Waals surface area contributed by atoms with Crippen LogP contribution in [0.25, 0.3) is 11.3 Å². The predicted molar refractivity (Wildman–Crippen MR) is 70.2 cm³/mol. The zero-order valence-corrected chi connectivity index (χ0v) is 10.1. The Morgan fingerprint density at radius 2 is 1.82 bits per heavy atom. The fraction of sp³-hybridized carbons (Fsp3) is 0.357. The van der Waals surface area contributed by atoms with Gasteiger partial charge in [-0.25, -0.2) is 4.68 Å². The lowest BCUT2D eigenvalue weighted by Gasteiger charge is -2.15. The van der Waals surface area contributed by atoms with E-state index in [0.717, 1.165) is 18.8 Å². The molecular weight excluding hydrogens is 210 g/mol. The fourth-order valence-corrected chi connectivity index (χ4v) is 2.35. The second-order valence-electron chi connectivity index (χ2n) is 4.61. The number of benzene rings is 1. The molecule has 0 bridgehead atoms. The van der Waals surface area contributed by atoms with Crippen LogP contribution in [0.3, 0.4) is 0 Å². The predicted octanol–water partition coefficient (Wildman–Crippen LogP) is 2.78. The molecule has 3 heteroatoms. The van der Waals surface area contributed by atoms with Gasteiger partial charge >= 0.3 is 0 Å². The third-order valence-corrected chi connectivity index (χ3v) is 3.33. The first-order chi connectivity index (χ1) is 8.34. The summed E-state index contributed by atoms with van der Waals surface area (Å²) in [6.07, 6.45) is 2.47. The normalized spacial score (nSPS) is 15.5. The van der Waals surface area contributed by atoms with E-state index >= 15 is 0 Å². The van der Waals surface area contributed by atoms with Crippen molar-refractivity contribution >= 4 is 5.82 Å². The number of nitrogens with zero attached hydrogens (tertiary/aromatic N) is 3. The van der Waals surface area contributed by atoms with E-state index in [0.29, 0.717) is 0 Å². The lowest BCUT2D eigenvalue weighted by atomic mass is 10.1. The summed E-state index contributed by atoms with van der Waals surface area (Å²) in [7, 11) is 2.15. The summed E-state index contributed by atoms with van der Waals surface area (Å²) in [5.41, 5.74) is 2.27. The highest BCUT2D eigenvalue weighted by molar-refractivity contribution is 5.63. The van der Waals surface area contributed by atoms with Crippen LogP contribution in [0.5, 0.6) is 0 Å². The van der Waals surface area contributed by atoms with E-state index in [1.165, 1.54) is 24.2 Å². The number of fused-ring (bicyclic) bond motifs is 1. The van der Waals surface area contributed by atoms with E-state index in [-0.39, 0.29) is 0 Å². The van der Waals surface area contributed by atoms with Gasteiger partial charge in [0, 0.05) is 31.8 Å². The van der Waals surface area contributed by atoms with Crippen LogP contribution in [0.1, 0.15) is 12.8 Å². The minimum atomic E-state index is 1.03. The average molecular weight is 227 g/mol. The molecule has 0 saturated carbocycles. The summed E-state index contributed by atoms with van der Waals surface area (Å²) in [5, 5.41) is 4.71. The summed E-state index contributed by atoms with van der Waals surface area (Å²) in [5.74, 6) is 1.24. The highest BCUT2D eigenvalue weighted by Crippen LogP contribution is 2.25. The summed E-state index contributed by atoms with van der Waals surface area (Å²) >= 11 is 0. The topological polar surface area (TPSA) is 21.1 Å². The molecule has 0 aliphatic carbocycles. The van der Waals surface area contributed by atoms with Crippen LogP contribution in [0.2, 0.25) is 0 Å². The number of aromatic nitrogens is 2. The van der Waals surface area contributed by atoms with Crippen LogP contribution in [0.4, 0.5) is 5.82 Å². The maximum absolute atomic E-state index is 4.71. The van der Waals surface area contributed by atoms with Crippen molar-refractivity contribution in [1.29, 1.82) is 0 Å². The summed E-state index contributed by atoms with van der Waals surface area (Å²) < 4.78 is 2.13. The van der Waals surface area contributed by atoms with Crippen LogP contribution in [-0.2, 0) is 6.54 Å². The maximum Gasteiger partial charge on any atom is 0.127 e. The van der Waals surface area contributed by atoms with Crippen molar-refractivity contribution in [2.75, 3.05) is 18.5 Å². The van der Waals surface area contributed by atoms with E-state index in [1.807, 2.05) is 6.07 Å². The summed E-state index contributed by atoms with van der Waals surface area (Å²) in [6.45, 7) is 2.16. The van der Waals surface area contributed by atoms with Crippen molar-refractivity contribution in [3.8, 4) is 11.3 Å². The van der Waals surface area contributed by atoms with Crippen LogP contribution in [-0.4, -0.2) is 23.4 Å². The molecule has 0 unspecified atom stereocenters. The van der Waals surface area contributed by atoms with Crippen molar-refractivity contribution in [3.63, 3.8) is 0 Å². The molecule has 0 spiro atoms. The van der Waals surface area contributed by atoms with Crippen LogP contribution < -0.4 is 4.90 Å². The van der Waals surface area contributed by atoms with Gasteiger partial charge in [-0.15, -0.1) is 0 Å². The second kappa shape index (κ2) is 4.24. The molecule has 2 aromatic rings. The number of rotatable bonds is 1. The second-order valence-corrected chi connectivity index (χ2v) is 4.61. The Balaban J connectivity index is 2.02. The number of anilines is 1. The molecule has 0 amide bonds. The molecule has 1 aliphatic heterocycles. The van der Waals surface area contributed by atoms with E-state index in [2.05, 4.69) is 47.0 Å². The molecule has 17 heavy (non-hydrogen) atoms. The lowest BCUT2D eigenvalue weighted by Crippen LogP contribution is -2.18. The molecule has 1 aromatic heterocycles. The Morgan fingerprint density at radius 3 is 2.65 bits per heavy atom. The molecule has 0 fully saturated rings. The van der Waals surface area contributed by atoms with Crippen molar-refractivity contribution in [1.82, 2.24) is 9.78 Å². The average Bonchev–Trinajstić information content (AvgIpc) is 2.72. The molecule has 1 aliphatic rings. The molecule has 1 aromatic carbocycles. The van der Waals surface area contributed by atoms with Gasteiger partial charge in [0.25, 0.3) is 0 Å². The van der Waals surface area contributed by atoms with Gasteiger partial charge in [0.1, 0.15) is 5.82 Å². The summed E-state index contributed by atoms with van der Waals surface area (Å²) in [4.78, 5) is 2.30. The van der Waals surface area contributed by atoms with Crippen molar-refractivity contribution in [2.45, 2.75) is 19.4 Å². The SMILES string of the molecule is CN1CCCCn2nc(-c3ccccc3)cc21. The molecule has 3 nitrogen and oxygen atoms in total. The highest BCUT2D eigenvalue weighted by atomic mass is 15.4. The Kier molecular flexibility index (Phi) is 2.59. The fourth-order valence-electron chi connectivity index (χ4n) is 2.35. The Labute approximate surface area is 102 Å². The molecular formula is C14H17N3. The zero-order valence-electron chi connectivity index (χ0n) is 10.1. The van der Waals surface area contributed by atoms with Gasteiger partial charge in [0.05, 0.1) is 5.69 Å². The first-order valence-corrected chi connectivity index (χ1v) is 6.19. The Morgan fingerprint density at radius 1 is 1.06 bits per heavy atom. The minimum absolute atomic E-state index is 1.03. The van der Waals surface area contributed by atoms with Crippen molar-refractivity contribution in [2.24, 2.45) is 0 Å². The molecule has 88 valence electrons. The molecule has 0 N–H and O–H groups in total. The molecule has 2 heterocycles. The van der Waals surface area contributed by atoms with Crippen molar-refractivity contribution < 1.29 is 0 Å². The van der Waals surface area contributed by atoms with Gasteiger partial charge in [-0.2, -0.15) is 5.10 Å². The van der Waals surface area contributed by atoms with Crippen molar-refractivity contribution in [3.05, 3.63) is 36.4 Å². The number of hydrogen-bond donors (Lipinski definition) is 0. The quantitative estimate of drug-likeness (QED) is 0.747. The van der Waals surface area contributed by atoms with Gasteiger partial charge in [0.15, 0.2) is 0 Å². The van der Waals surface area contributed by atoms with E-state index in [4.69, 9.17) is 5.10 Å². The zero-order chi connectivity index (χ0) is 11.7. The monoisotopic (exact) mass is 227 g/mol. The third-order valence-electron chi connectivity index (χ3n) is 3.33. The van der Waals surface area contributed by atoms with Gasteiger partial charge in [-0.3, -0.25) is 0 Å². The standard InChI is InChI=1S/C14H17N3/c1-16-9-5-6-10-17-14(16)11-13(15-17)12-7-3-2-4-8-12/h2-4,7-8,11H,5-6,9-10H2,1H3. The smallest absolute Gasteiger partial charge is 0.127 e. The first-order valence-electron chi connectivity index (χ1n) is 6.19. The molecule has 0 radical (unpaired) electrons. The number of hydrogen-bond acceptors (Lipinski definition) is 2. The van der Waals surface area contributed by atoms with Gasteiger partial charge in [0.2, 0.25) is 0 Å². The number of aryl methyl sites for hydroxylation is 1. The lowest BCUT2D eigenvalue weighted by molar-refractivity contribution is 0.595. The van der Waals surface area contributed by atoms with E-state index in [1.54, 1.807) is 0 Å². The third kappa shape index (κ3) is 1.93. The van der Waals surface area contributed by atoms with E-state index < -0.39 is 0 Å². The van der Waals surface area contributed by atoms with Crippen LogP contribution in [0.15, 0.2) is 36.4 Å². The van der Waals surface area contributed by atoms with Gasteiger partial charge in [-0.1, -0.05) is 30.3 Å². The maximum atomic E-state index is 4.71. The van der Waals surface area contributed by atoms with Crippen LogP contribution >= 0.6 is 0 Å². The summed E-state index contributed by atoms with van der Waals surface area (Å²) in [6, 6.07) is 12.6. The Bertz CT molecular complexity index is 501. The Hall–Kier alpha value is -1.77. The van der Waals surface area contributed by atoms with Gasteiger partial charge in [-0.05, 0) is 12.8 Å². The molecule has 0 saturated heterocycles. The van der Waals surface area contributed by atoms with E-state index in [9.17, 15) is 0 Å².